The van der Waals surface area contributed by atoms with Crippen molar-refractivity contribution in [3.63, 3.8) is 0 Å². The second-order valence-corrected chi connectivity index (χ2v) is 6.78. The summed E-state index contributed by atoms with van der Waals surface area (Å²) in [6.07, 6.45) is 0.730. The predicted octanol–water partition coefficient (Wildman–Crippen LogP) is 3.56. The fraction of sp³-hybridized carbons (Fsp3) is 0.615. The van der Waals surface area contributed by atoms with E-state index in [1.807, 2.05) is 0 Å². The van der Waals surface area contributed by atoms with Gasteiger partial charge in [-0.05, 0) is 41.8 Å². The number of hydrogen-bond donors (Lipinski definition) is 0. The predicted molar refractivity (Wildman–Crippen MR) is 75.2 cm³/mol. The molecule has 0 saturated carbocycles. The number of aryl methyl sites for hydroxylation is 2. The number of thiophene rings is 1. The lowest BCUT2D eigenvalue weighted by atomic mass is 9.89. The zero-order valence-corrected chi connectivity index (χ0v) is 13.2. The Balaban J connectivity index is 2.30. The SMILES string of the molecule is CC(=O)O[C@@H]1COCC[C@@H]1c1c(C)sc(C)c1Br. The van der Waals surface area contributed by atoms with Crippen LogP contribution in [0, 0.1) is 13.8 Å². The highest BCUT2D eigenvalue weighted by atomic mass is 79.9. The Morgan fingerprint density at radius 2 is 2.17 bits per heavy atom. The van der Waals surface area contributed by atoms with Crippen molar-refractivity contribution in [2.75, 3.05) is 13.2 Å². The van der Waals surface area contributed by atoms with Crippen LogP contribution in [0.2, 0.25) is 0 Å². The molecule has 0 unspecified atom stereocenters. The van der Waals surface area contributed by atoms with E-state index in [2.05, 4.69) is 29.8 Å². The van der Waals surface area contributed by atoms with Crippen molar-refractivity contribution in [2.24, 2.45) is 0 Å². The summed E-state index contributed by atoms with van der Waals surface area (Å²) in [7, 11) is 0. The molecule has 5 heteroatoms. The molecule has 3 nitrogen and oxygen atoms in total. The monoisotopic (exact) mass is 332 g/mol. The first kappa shape index (κ1) is 14.0. The number of carbonyl (C=O) groups excluding carboxylic acids is 1. The largest absolute Gasteiger partial charge is 0.459 e. The van der Waals surface area contributed by atoms with Crippen LogP contribution in [0.1, 0.15) is 34.6 Å². The standard InChI is InChI=1S/C13H17BrO3S/c1-7-12(13(14)8(2)18-7)10-4-5-16-6-11(10)17-9(3)15/h10-11H,4-6H2,1-3H3/t10-,11+/m0/s1. The molecule has 1 aliphatic rings. The van der Waals surface area contributed by atoms with Crippen molar-refractivity contribution < 1.29 is 14.3 Å². The molecule has 1 aliphatic heterocycles. The molecule has 1 saturated heterocycles. The van der Waals surface area contributed by atoms with Gasteiger partial charge >= 0.3 is 5.97 Å². The summed E-state index contributed by atoms with van der Waals surface area (Å²) >= 11 is 5.44. The van der Waals surface area contributed by atoms with Crippen LogP contribution < -0.4 is 0 Å². The molecule has 0 bridgehead atoms. The van der Waals surface area contributed by atoms with Gasteiger partial charge in [-0.15, -0.1) is 11.3 Å². The van der Waals surface area contributed by atoms with Gasteiger partial charge < -0.3 is 9.47 Å². The van der Waals surface area contributed by atoms with Crippen LogP contribution in [0.5, 0.6) is 0 Å². The highest BCUT2D eigenvalue weighted by Crippen LogP contribution is 2.41. The smallest absolute Gasteiger partial charge is 0.303 e. The van der Waals surface area contributed by atoms with Crippen LogP contribution in [-0.2, 0) is 14.3 Å². The summed E-state index contributed by atoms with van der Waals surface area (Å²) in [6.45, 7) is 6.89. The summed E-state index contributed by atoms with van der Waals surface area (Å²) in [4.78, 5) is 13.7. The average Bonchev–Trinajstić information content (AvgIpc) is 2.54. The van der Waals surface area contributed by atoms with Gasteiger partial charge in [0.2, 0.25) is 0 Å². The third-order valence-electron chi connectivity index (χ3n) is 3.22. The van der Waals surface area contributed by atoms with E-state index in [4.69, 9.17) is 9.47 Å². The van der Waals surface area contributed by atoms with Crippen LogP contribution in [0.3, 0.4) is 0 Å². The number of hydrogen-bond acceptors (Lipinski definition) is 4. The molecular formula is C13H17BrO3S. The van der Waals surface area contributed by atoms with Crippen LogP contribution in [0.4, 0.5) is 0 Å². The van der Waals surface area contributed by atoms with E-state index in [-0.39, 0.29) is 18.0 Å². The lowest BCUT2D eigenvalue weighted by Crippen LogP contribution is -2.34. The molecule has 0 N–H and O–H groups in total. The third-order valence-corrected chi connectivity index (χ3v) is 5.54. The van der Waals surface area contributed by atoms with Gasteiger partial charge in [0.25, 0.3) is 0 Å². The molecule has 2 atom stereocenters. The Bertz CT molecular complexity index is 455. The first-order valence-electron chi connectivity index (χ1n) is 6.01. The van der Waals surface area contributed by atoms with E-state index < -0.39 is 0 Å². The van der Waals surface area contributed by atoms with Crippen molar-refractivity contribution in [2.45, 2.75) is 39.2 Å². The summed E-state index contributed by atoms with van der Waals surface area (Å²) in [5, 5.41) is 0. The Morgan fingerprint density at radius 3 is 2.72 bits per heavy atom. The van der Waals surface area contributed by atoms with E-state index in [0.717, 1.165) is 17.5 Å². The van der Waals surface area contributed by atoms with Crippen molar-refractivity contribution in [1.29, 1.82) is 0 Å². The highest BCUT2D eigenvalue weighted by Gasteiger charge is 2.33. The fourth-order valence-corrected chi connectivity index (χ4v) is 4.46. The summed E-state index contributed by atoms with van der Waals surface area (Å²) in [5.41, 5.74) is 1.28. The number of halogens is 1. The number of carbonyl (C=O) groups is 1. The average molecular weight is 333 g/mol. The zero-order chi connectivity index (χ0) is 13.3. The van der Waals surface area contributed by atoms with E-state index in [9.17, 15) is 4.79 Å². The lowest BCUT2D eigenvalue weighted by molar-refractivity contribution is -0.154. The lowest BCUT2D eigenvalue weighted by Gasteiger charge is -2.31. The zero-order valence-electron chi connectivity index (χ0n) is 10.8. The van der Waals surface area contributed by atoms with E-state index in [1.54, 1.807) is 11.3 Å². The van der Waals surface area contributed by atoms with Crippen molar-refractivity contribution in [1.82, 2.24) is 0 Å². The molecule has 1 fully saturated rings. The Hall–Kier alpha value is -0.390. The molecule has 1 aromatic heterocycles. The minimum absolute atomic E-state index is 0.166. The molecule has 0 aliphatic carbocycles. The first-order chi connectivity index (χ1) is 8.50. The number of rotatable bonds is 2. The van der Waals surface area contributed by atoms with Gasteiger partial charge in [0.05, 0.1) is 6.61 Å². The third kappa shape index (κ3) is 2.78. The number of esters is 1. The Morgan fingerprint density at radius 1 is 1.44 bits per heavy atom. The molecule has 1 aromatic rings. The van der Waals surface area contributed by atoms with Gasteiger partial charge in [-0.3, -0.25) is 4.79 Å². The molecule has 0 amide bonds. The molecule has 2 rings (SSSR count). The van der Waals surface area contributed by atoms with Crippen LogP contribution in [0.15, 0.2) is 4.47 Å². The quantitative estimate of drug-likeness (QED) is 0.777. The Kier molecular flexibility index (Phi) is 4.45. The maximum absolute atomic E-state index is 11.2. The van der Waals surface area contributed by atoms with Gasteiger partial charge in [-0.25, -0.2) is 0 Å². The second-order valence-electron chi connectivity index (χ2n) is 4.56. The van der Waals surface area contributed by atoms with Gasteiger partial charge in [-0.2, -0.15) is 0 Å². The van der Waals surface area contributed by atoms with Crippen molar-refractivity contribution in [3.8, 4) is 0 Å². The molecule has 18 heavy (non-hydrogen) atoms. The van der Waals surface area contributed by atoms with Crippen LogP contribution >= 0.6 is 27.3 Å². The van der Waals surface area contributed by atoms with Crippen molar-refractivity contribution in [3.05, 3.63) is 19.8 Å². The van der Waals surface area contributed by atoms with E-state index in [1.165, 1.54) is 22.2 Å². The summed E-state index contributed by atoms with van der Waals surface area (Å²) in [6, 6.07) is 0. The molecule has 100 valence electrons. The maximum atomic E-state index is 11.2. The van der Waals surface area contributed by atoms with E-state index in [0.29, 0.717) is 6.61 Å². The molecular weight excluding hydrogens is 316 g/mol. The van der Waals surface area contributed by atoms with Crippen LogP contribution in [-0.4, -0.2) is 25.3 Å². The van der Waals surface area contributed by atoms with Gasteiger partial charge in [0, 0.05) is 33.7 Å². The second kappa shape index (κ2) is 5.72. The first-order valence-corrected chi connectivity index (χ1v) is 7.62. The van der Waals surface area contributed by atoms with E-state index >= 15 is 0 Å². The van der Waals surface area contributed by atoms with Gasteiger partial charge in [-0.1, -0.05) is 0 Å². The van der Waals surface area contributed by atoms with Gasteiger partial charge in [0.1, 0.15) is 6.10 Å². The Labute approximate surface area is 120 Å². The highest BCUT2D eigenvalue weighted by molar-refractivity contribution is 9.10. The summed E-state index contributed by atoms with van der Waals surface area (Å²) in [5.74, 6) is -0.00166. The molecule has 0 aromatic carbocycles. The topological polar surface area (TPSA) is 35.5 Å². The van der Waals surface area contributed by atoms with Gasteiger partial charge in [0.15, 0.2) is 0 Å². The molecule has 2 heterocycles. The summed E-state index contributed by atoms with van der Waals surface area (Å²) < 4.78 is 12.0. The maximum Gasteiger partial charge on any atom is 0.303 e. The van der Waals surface area contributed by atoms with Crippen molar-refractivity contribution >= 4 is 33.2 Å². The number of ether oxygens (including phenoxy) is 2. The molecule has 0 radical (unpaired) electrons. The minimum atomic E-state index is -0.240. The molecule has 0 spiro atoms. The van der Waals surface area contributed by atoms with Crippen LogP contribution in [0.25, 0.3) is 0 Å². The normalized spacial score (nSPS) is 24.0. The minimum Gasteiger partial charge on any atom is -0.459 e. The fourth-order valence-electron chi connectivity index (χ4n) is 2.47.